The molecule has 1 amide bonds. The summed E-state index contributed by atoms with van der Waals surface area (Å²) in [5.41, 5.74) is 13.6. The second kappa shape index (κ2) is 4.37. The number of hydrogen-bond acceptors (Lipinski definition) is 3. The predicted molar refractivity (Wildman–Crippen MR) is 68.2 cm³/mol. The smallest absolute Gasteiger partial charge is 0.225 e. The first kappa shape index (κ1) is 11.9. The lowest BCUT2D eigenvalue weighted by molar-refractivity contribution is -0.130. The van der Waals surface area contributed by atoms with Crippen LogP contribution in [-0.4, -0.2) is 22.9 Å². The Balaban J connectivity index is 2.38. The minimum atomic E-state index is -0.147. The summed E-state index contributed by atoms with van der Waals surface area (Å²) >= 11 is 0. The molecule has 92 valence electrons. The number of carbonyl (C=O) groups excluding carboxylic acids is 1. The zero-order valence-corrected chi connectivity index (χ0v) is 10.3. The van der Waals surface area contributed by atoms with E-state index in [2.05, 4.69) is 0 Å². The van der Waals surface area contributed by atoms with E-state index >= 15 is 0 Å². The number of carbonyl (C=O) groups is 1. The summed E-state index contributed by atoms with van der Waals surface area (Å²) in [5, 5.41) is 0. The van der Waals surface area contributed by atoms with Crippen LogP contribution in [0.25, 0.3) is 0 Å². The van der Waals surface area contributed by atoms with Crippen LogP contribution < -0.4 is 11.5 Å². The Morgan fingerprint density at radius 1 is 1.41 bits per heavy atom. The quantitative estimate of drug-likeness (QED) is 0.756. The standard InChI is InChI=1S/C13H19N3O/c1-8(2)16-12(17)7-11(15)13(16)9-4-3-5-10(14)6-9/h3-6,8,11,13H,7,14-15H2,1-2H3. The third-order valence-corrected chi connectivity index (χ3v) is 3.21. The van der Waals surface area contributed by atoms with Crippen molar-refractivity contribution in [3.05, 3.63) is 29.8 Å². The van der Waals surface area contributed by atoms with Crippen LogP contribution in [0.5, 0.6) is 0 Å². The summed E-state index contributed by atoms with van der Waals surface area (Å²) in [7, 11) is 0. The maximum atomic E-state index is 11.9. The molecule has 2 rings (SSSR count). The van der Waals surface area contributed by atoms with Gasteiger partial charge >= 0.3 is 0 Å². The van der Waals surface area contributed by atoms with Crippen LogP contribution in [0.1, 0.15) is 31.9 Å². The molecule has 1 saturated heterocycles. The second-order valence-electron chi connectivity index (χ2n) is 4.88. The maximum Gasteiger partial charge on any atom is 0.225 e. The molecule has 0 aliphatic carbocycles. The topological polar surface area (TPSA) is 72.3 Å². The highest BCUT2D eigenvalue weighted by atomic mass is 16.2. The molecule has 4 N–H and O–H groups in total. The summed E-state index contributed by atoms with van der Waals surface area (Å²) < 4.78 is 0. The Bertz CT molecular complexity index is 430. The maximum absolute atomic E-state index is 11.9. The van der Waals surface area contributed by atoms with Crippen LogP contribution in [0.3, 0.4) is 0 Å². The molecule has 1 aliphatic heterocycles. The van der Waals surface area contributed by atoms with Crippen molar-refractivity contribution >= 4 is 11.6 Å². The highest BCUT2D eigenvalue weighted by molar-refractivity contribution is 5.80. The van der Waals surface area contributed by atoms with Crippen molar-refractivity contribution in [2.45, 2.75) is 38.4 Å². The number of nitrogens with two attached hydrogens (primary N) is 2. The number of hydrogen-bond donors (Lipinski definition) is 2. The summed E-state index contributed by atoms with van der Waals surface area (Å²) in [6, 6.07) is 7.58. The van der Waals surface area contributed by atoms with Gasteiger partial charge in [0.1, 0.15) is 0 Å². The lowest BCUT2D eigenvalue weighted by Crippen LogP contribution is -2.37. The molecule has 1 fully saturated rings. The van der Waals surface area contributed by atoms with Crippen LogP contribution in [-0.2, 0) is 4.79 Å². The fourth-order valence-electron chi connectivity index (χ4n) is 2.54. The average molecular weight is 233 g/mol. The van der Waals surface area contributed by atoms with Gasteiger partial charge in [-0.25, -0.2) is 0 Å². The van der Waals surface area contributed by atoms with Gasteiger partial charge in [-0.2, -0.15) is 0 Å². The van der Waals surface area contributed by atoms with E-state index in [1.165, 1.54) is 0 Å². The molecule has 0 spiro atoms. The Morgan fingerprint density at radius 2 is 2.12 bits per heavy atom. The minimum Gasteiger partial charge on any atom is -0.399 e. The Hall–Kier alpha value is -1.55. The van der Waals surface area contributed by atoms with Gasteiger partial charge in [0, 0.05) is 24.2 Å². The number of benzene rings is 1. The van der Waals surface area contributed by atoms with E-state index < -0.39 is 0 Å². The van der Waals surface area contributed by atoms with Crippen molar-refractivity contribution in [2.24, 2.45) is 5.73 Å². The normalized spacial score (nSPS) is 24.7. The minimum absolute atomic E-state index is 0.0500. The Kier molecular flexibility index (Phi) is 3.07. The molecule has 0 bridgehead atoms. The van der Waals surface area contributed by atoms with Crippen LogP contribution in [0, 0.1) is 0 Å². The van der Waals surface area contributed by atoms with E-state index in [1.54, 1.807) is 0 Å². The summed E-state index contributed by atoms with van der Waals surface area (Å²) in [4.78, 5) is 13.8. The molecular formula is C13H19N3O. The van der Waals surface area contributed by atoms with E-state index in [-0.39, 0.29) is 24.0 Å². The molecule has 2 unspecified atom stereocenters. The fraction of sp³-hybridized carbons (Fsp3) is 0.462. The van der Waals surface area contributed by atoms with Gasteiger partial charge in [-0.3, -0.25) is 4.79 Å². The summed E-state index contributed by atoms with van der Waals surface area (Å²) in [6.45, 7) is 4.02. The zero-order chi connectivity index (χ0) is 12.6. The van der Waals surface area contributed by atoms with Gasteiger partial charge in [0.05, 0.1) is 6.04 Å². The van der Waals surface area contributed by atoms with E-state index in [4.69, 9.17) is 11.5 Å². The first-order valence-corrected chi connectivity index (χ1v) is 5.93. The van der Waals surface area contributed by atoms with Crippen molar-refractivity contribution in [3.8, 4) is 0 Å². The number of nitrogens with zero attached hydrogens (tertiary/aromatic N) is 1. The summed E-state index contributed by atoms with van der Waals surface area (Å²) in [5.74, 6) is 0.125. The van der Waals surface area contributed by atoms with E-state index in [0.29, 0.717) is 12.1 Å². The van der Waals surface area contributed by atoms with Crippen LogP contribution >= 0.6 is 0 Å². The number of amides is 1. The fourth-order valence-corrected chi connectivity index (χ4v) is 2.54. The third-order valence-electron chi connectivity index (χ3n) is 3.21. The Labute approximate surface area is 102 Å². The van der Waals surface area contributed by atoms with Gasteiger partial charge in [0.2, 0.25) is 5.91 Å². The highest BCUT2D eigenvalue weighted by Crippen LogP contribution is 2.34. The van der Waals surface area contributed by atoms with Crippen molar-refractivity contribution in [1.82, 2.24) is 4.90 Å². The van der Waals surface area contributed by atoms with Crippen molar-refractivity contribution in [1.29, 1.82) is 0 Å². The molecular weight excluding hydrogens is 214 g/mol. The molecule has 1 aliphatic rings. The number of rotatable bonds is 2. The molecule has 17 heavy (non-hydrogen) atoms. The van der Waals surface area contributed by atoms with Crippen LogP contribution in [0.2, 0.25) is 0 Å². The van der Waals surface area contributed by atoms with Gasteiger partial charge in [0.15, 0.2) is 0 Å². The molecule has 1 heterocycles. The number of anilines is 1. The van der Waals surface area contributed by atoms with E-state index in [9.17, 15) is 4.79 Å². The molecule has 1 aromatic rings. The molecule has 0 radical (unpaired) electrons. The molecule has 2 atom stereocenters. The zero-order valence-electron chi connectivity index (χ0n) is 10.3. The van der Waals surface area contributed by atoms with Gasteiger partial charge in [-0.1, -0.05) is 12.1 Å². The number of nitrogen functional groups attached to an aromatic ring is 1. The first-order chi connectivity index (χ1) is 8.00. The monoisotopic (exact) mass is 233 g/mol. The van der Waals surface area contributed by atoms with Crippen molar-refractivity contribution in [2.75, 3.05) is 5.73 Å². The third kappa shape index (κ3) is 2.13. The highest BCUT2D eigenvalue weighted by Gasteiger charge is 2.39. The van der Waals surface area contributed by atoms with E-state index in [1.807, 2.05) is 43.0 Å². The molecule has 0 saturated carbocycles. The van der Waals surface area contributed by atoms with E-state index in [0.717, 1.165) is 5.56 Å². The Morgan fingerprint density at radius 3 is 2.71 bits per heavy atom. The SMILES string of the molecule is CC(C)N1C(=O)CC(N)C1c1cccc(N)c1. The molecule has 1 aromatic carbocycles. The lowest BCUT2D eigenvalue weighted by Gasteiger charge is -2.30. The largest absolute Gasteiger partial charge is 0.399 e. The average Bonchev–Trinajstić information content (AvgIpc) is 2.53. The van der Waals surface area contributed by atoms with Crippen molar-refractivity contribution in [3.63, 3.8) is 0 Å². The number of likely N-dealkylation sites (tertiary alicyclic amines) is 1. The van der Waals surface area contributed by atoms with Gasteiger partial charge in [-0.05, 0) is 31.5 Å². The van der Waals surface area contributed by atoms with Crippen LogP contribution in [0.4, 0.5) is 5.69 Å². The predicted octanol–water partition coefficient (Wildman–Crippen LogP) is 1.28. The molecule has 4 nitrogen and oxygen atoms in total. The molecule has 4 heteroatoms. The van der Waals surface area contributed by atoms with Crippen LogP contribution in [0.15, 0.2) is 24.3 Å². The van der Waals surface area contributed by atoms with Gasteiger partial charge in [0.25, 0.3) is 0 Å². The van der Waals surface area contributed by atoms with Gasteiger partial charge < -0.3 is 16.4 Å². The van der Waals surface area contributed by atoms with Gasteiger partial charge in [-0.15, -0.1) is 0 Å². The summed E-state index contributed by atoms with van der Waals surface area (Å²) in [6.07, 6.45) is 0.414. The van der Waals surface area contributed by atoms with Crippen molar-refractivity contribution < 1.29 is 4.79 Å². The molecule has 0 aromatic heterocycles. The second-order valence-corrected chi connectivity index (χ2v) is 4.88. The lowest BCUT2D eigenvalue weighted by atomic mass is 9.99. The first-order valence-electron chi connectivity index (χ1n) is 5.93.